The molecule has 0 spiro atoms. The van der Waals surface area contributed by atoms with Crippen molar-refractivity contribution in [2.45, 2.75) is 52.4 Å². The molecule has 0 unspecified atom stereocenters. The average Bonchev–Trinajstić information content (AvgIpc) is 3.11. The number of fused-ring (bicyclic) bond motifs is 1. The zero-order valence-corrected chi connectivity index (χ0v) is 29.7. The molecule has 0 atom stereocenters. The third-order valence-electron chi connectivity index (χ3n) is 11.4. The molecular formula is C50H40. The molecule has 0 nitrogen and oxygen atoms in total. The Bertz CT molecular complexity index is 2740. The van der Waals surface area contributed by atoms with Crippen LogP contribution in [0.25, 0.3) is 97.7 Å². The number of hydrogen-bond donors (Lipinski definition) is 0. The minimum absolute atomic E-state index is 0.0415. The monoisotopic (exact) mass is 640 g/mol. The highest BCUT2D eigenvalue weighted by Gasteiger charge is 2.26. The van der Waals surface area contributed by atoms with E-state index in [4.69, 9.17) is 0 Å². The van der Waals surface area contributed by atoms with Gasteiger partial charge in [0.05, 0.1) is 0 Å². The van der Waals surface area contributed by atoms with Gasteiger partial charge in [-0.25, -0.2) is 0 Å². The summed E-state index contributed by atoms with van der Waals surface area (Å²) in [5, 5.41) is 18.6. The van der Waals surface area contributed by atoms with Crippen LogP contribution in [0.3, 0.4) is 0 Å². The minimum atomic E-state index is -0.0415. The van der Waals surface area contributed by atoms with Gasteiger partial charge >= 0.3 is 0 Å². The molecule has 0 heterocycles. The van der Waals surface area contributed by atoms with E-state index in [2.05, 4.69) is 175 Å². The Morgan fingerprint density at radius 1 is 0.280 bits per heavy atom. The Kier molecular flexibility index (Phi) is 5.92. The van der Waals surface area contributed by atoms with Gasteiger partial charge in [-0.15, -0.1) is 0 Å². The molecule has 0 aliphatic rings. The number of rotatable bonds is 2. The second kappa shape index (κ2) is 10.1. The Morgan fingerprint density at radius 2 is 0.600 bits per heavy atom. The second-order valence-electron chi connectivity index (χ2n) is 16.6. The largest absolute Gasteiger partial charge is 0.0610 e. The van der Waals surface area contributed by atoms with Crippen LogP contribution in [-0.2, 0) is 10.8 Å². The number of hydrogen-bond acceptors (Lipinski definition) is 0. The highest BCUT2D eigenvalue weighted by atomic mass is 14.3. The lowest BCUT2D eigenvalue weighted by molar-refractivity contribution is 0.591. The SMILES string of the molecule is CC(C)(C)c1cc2cc(C(C)(C)C)c(-c3ccc4ccc5cccc6ccc3c4c56)cc2cc1-c1ccc2ccc3cccc4ccc1c2c34. The zero-order chi connectivity index (χ0) is 34.1. The number of benzene rings is 10. The third-order valence-corrected chi connectivity index (χ3v) is 11.4. The highest BCUT2D eigenvalue weighted by Crippen LogP contribution is 2.47. The van der Waals surface area contributed by atoms with Crippen LogP contribution in [0, 0.1) is 0 Å². The van der Waals surface area contributed by atoms with E-state index in [0.717, 1.165) is 0 Å². The lowest BCUT2D eigenvalue weighted by atomic mass is 9.76. The van der Waals surface area contributed by atoms with Gasteiger partial charge in [0.1, 0.15) is 0 Å². The maximum Gasteiger partial charge on any atom is -0.00206 e. The normalized spacial score (nSPS) is 13.0. The summed E-state index contributed by atoms with van der Waals surface area (Å²) in [7, 11) is 0. The molecule has 0 aliphatic carbocycles. The van der Waals surface area contributed by atoms with Gasteiger partial charge < -0.3 is 0 Å². The van der Waals surface area contributed by atoms with Crippen LogP contribution in [-0.4, -0.2) is 0 Å². The van der Waals surface area contributed by atoms with Crippen LogP contribution >= 0.6 is 0 Å². The standard InChI is InChI=1S/C50H40/c1-49(2,3)43-27-36-28-44(50(4,5)6)42(38-22-18-34-16-14-30-10-8-12-32-20-24-40(38)48(34)46(30)32)26-35(36)25-41(43)37-21-17-33-15-13-29-9-7-11-31-19-23-39(37)47(33)45(29)31/h7-28H,1-6H3. The van der Waals surface area contributed by atoms with Crippen LogP contribution in [0.15, 0.2) is 133 Å². The molecule has 0 aromatic heterocycles. The van der Waals surface area contributed by atoms with Crippen molar-refractivity contribution in [3.05, 3.63) is 145 Å². The molecule has 0 N–H and O–H groups in total. The first-order chi connectivity index (χ1) is 24.0. The Hall–Kier alpha value is -5.46. The molecule has 0 heteroatoms. The molecule has 0 radical (unpaired) electrons. The second-order valence-corrected chi connectivity index (χ2v) is 16.6. The van der Waals surface area contributed by atoms with E-state index in [9.17, 15) is 0 Å². The molecule has 10 aromatic carbocycles. The topological polar surface area (TPSA) is 0 Å². The van der Waals surface area contributed by atoms with Gasteiger partial charge in [0.2, 0.25) is 0 Å². The summed E-state index contributed by atoms with van der Waals surface area (Å²) in [6, 6.07) is 51.2. The van der Waals surface area contributed by atoms with Crippen LogP contribution in [0.1, 0.15) is 52.7 Å². The van der Waals surface area contributed by atoms with Crippen molar-refractivity contribution in [2.24, 2.45) is 0 Å². The van der Waals surface area contributed by atoms with Gasteiger partial charge in [0.25, 0.3) is 0 Å². The maximum atomic E-state index is 2.49. The van der Waals surface area contributed by atoms with Crippen LogP contribution in [0.4, 0.5) is 0 Å². The lowest BCUT2D eigenvalue weighted by Crippen LogP contribution is -2.14. The molecule has 0 saturated heterocycles. The molecule has 0 saturated carbocycles. The van der Waals surface area contributed by atoms with Crippen molar-refractivity contribution < 1.29 is 0 Å². The molecule has 0 aliphatic heterocycles. The van der Waals surface area contributed by atoms with E-state index in [1.807, 2.05) is 0 Å². The molecular weight excluding hydrogens is 601 g/mol. The van der Waals surface area contributed by atoms with E-state index < -0.39 is 0 Å². The fourth-order valence-electron chi connectivity index (χ4n) is 8.98. The lowest BCUT2D eigenvalue weighted by Gasteiger charge is -2.28. The first kappa shape index (κ1) is 29.5. The summed E-state index contributed by atoms with van der Waals surface area (Å²) < 4.78 is 0. The van der Waals surface area contributed by atoms with Crippen molar-refractivity contribution in [2.75, 3.05) is 0 Å². The van der Waals surface area contributed by atoms with Crippen molar-refractivity contribution in [1.82, 2.24) is 0 Å². The molecule has 240 valence electrons. The first-order valence-corrected chi connectivity index (χ1v) is 18.0. The fraction of sp³-hybridized carbons (Fsp3) is 0.160. The summed E-state index contributed by atoms with van der Waals surface area (Å²) in [5.41, 5.74) is 7.96. The Labute approximate surface area is 293 Å². The Morgan fingerprint density at radius 3 is 0.980 bits per heavy atom. The molecule has 10 rings (SSSR count). The summed E-state index contributed by atoms with van der Waals surface area (Å²) in [5.74, 6) is 0. The fourth-order valence-corrected chi connectivity index (χ4v) is 8.98. The quantitative estimate of drug-likeness (QED) is 0.165. The third kappa shape index (κ3) is 4.18. The van der Waals surface area contributed by atoms with Crippen molar-refractivity contribution >= 4 is 75.4 Å². The minimum Gasteiger partial charge on any atom is -0.0610 e. The van der Waals surface area contributed by atoms with Gasteiger partial charge in [-0.05, 0) is 144 Å². The smallest absolute Gasteiger partial charge is 0.00206 e. The van der Waals surface area contributed by atoms with Crippen molar-refractivity contribution in [3.63, 3.8) is 0 Å². The predicted molar refractivity (Wildman–Crippen MR) is 220 cm³/mol. The summed E-state index contributed by atoms with van der Waals surface area (Å²) in [6.07, 6.45) is 0. The maximum absolute atomic E-state index is 2.49. The van der Waals surface area contributed by atoms with Crippen molar-refractivity contribution in [3.8, 4) is 22.3 Å². The summed E-state index contributed by atoms with van der Waals surface area (Å²) >= 11 is 0. The van der Waals surface area contributed by atoms with Gasteiger partial charge in [0, 0.05) is 0 Å². The predicted octanol–water partition coefficient (Wildman–Crippen LogP) is 14.6. The van der Waals surface area contributed by atoms with Gasteiger partial charge in [-0.3, -0.25) is 0 Å². The van der Waals surface area contributed by atoms with E-state index in [0.29, 0.717) is 0 Å². The van der Waals surface area contributed by atoms with Gasteiger partial charge in [-0.1, -0.05) is 151 Å². The van der Waals surface area contributed by atoms with Crippen LogP contribution < -0.4 is 0 Å². The zero-order valence-electron chi connectivity index (χ0n) is 29.7. The molecule has 0 bridgehead atoms. The van der Waals surface area contributed by atoms with E-state index >= 15 is 0 Å². The Balaban J connectivity index is 1.29. The van der Waals surface area contributed by atoms with E-state index in [-0.39, 0.29) is 10.8 Å². The van der Waals surface area contributed by atoms with Gasteiger partial charge in [0.15, 0.2) is 0 Å². The first-order valence-electron chi connectivity index (χ1n) is 18.0. The van der Waals surface area contributed by atoms with Gasteiger partial charge in [-0.2, -0.15) is 0 Å². The van der Waals surface area contributed by atoms with Crippen LogP contribution in [0.2, 0.25) is 0 Å². The molecule has 0 fully saturated rings. The molecule has 0 amide bonds. The van der Waals surface area contributed by atoms with E-state index in [1.165, 1.54) is 109 Å². The molecule has 10 aromatic rings. The van der Waals surface area contributed by atoms with Crippen LogP contribution in [0.5, 0.6) is 0 Å². The van der Waals surface area contributed by atoms with E-state index in [1.54, 1.807) is 0 Å². The highest BCUT2D eigenvalue weighted by molar-refractivity contribution is 6.27. The van der Waals surface area contributed by atoms with Crippen molar-refractivity contribution in [1.29, 1.82) is 0 Å². The summed E-state index contributed by atoms with van der Waals surface area (Å²) in [6.45, 7) is 14.2. The summed E-state index contributed by atoms with van der Waals surface area (Å²) in [4.78, 5) is 0. The molecule has 50 heavy (non-hydrogen) atoms. The average molecular weight is 641 g/mol.